The molecule has 2 aromatic heterocycles. The van der Waals surface area contributed by atoms with Crippen molar-refractivity contribution in [1.29, 1.82) is 0 Å². The van der Waals surface area contributed by atoms with Gasteiger partial charge in [0.25, 0.3) is 11.5 Å². The first-order valence-corrected chi connectivity index (χ1v) is 5.81. The van der Waals surface area contributed by atoms with E-state index in [0.717, 1.165) is 0 Å². The third-order valence-electron chi connectivity index (χ3n) is 2.92. The lowest BCUT2D eigenvalue weighted by Crippen LogP contribution is -2.35. The van der Waals surface area contributed by atoms with E-state index in [2.05, 4.69) is 20.4 Å². The van der Waals surface area contributed by atoms with E-state index in [4.69, 9.17) is 0 Å². The van der Waals surface area contributed by atoms with E-state index in [1.165, 1.54) is 11.7 Å². The Morgan fingerprint density at radius 1 is 1.47 bits per heavy atom. The summed E-state index contributed by atoms with van der Waals surface area (Å²) in [4.78, 5) is 30.9. The zero-order valence-electron chi connectivity index (χ0n) is 11.0. The van der Waals surface area contributed by atoms with Crippen LogP contribution in [-0.2, 0) is 13.6 Å². The summed E-state index contributed by atoms with van der Waals surface area (Å²) in [5.74, 6) is 0.216. The largest absolute Gasteiger partial charge is 0.347 e. The summed E-state index contributed by atoms with van der Waals surface area (Å²) >= 11 is 0. The lowest BCUT2D eigenvalue weighted by atomic mass is 10.1. The van der Waals surface area contributed by atoms with Gasteiger partial charge in [0.15, 0.2) is 0 Å². The average molecular weight is 261 g/mol. The van der Waals surface area contributed by atoms with Gasteiger partial charge in [0, 0.05) is 19.4 Å². The molecule has 0 aliphatic heterocycles. The van der Waals surface area contributed by atoms with Crippen LogP contribution in [0, 0.1) is 13.8 Å². The van der Waals surface area contributed by atoms with Gasteiger partial charge in [-0.05, 0) is 19.4 Å². The molecule has 0 aromatic carbocycles. The molecule has 0 fully saturated rings. The Morgan fingerprint density at radius 3 is 2.84 bits per heavy atom. The van der Waals surface area contributed by atoms with Crippen LogP contribution in [0.25, 0.3) is 0 Å². The maximum atomic E-state index is 12.1. The Balaban J connectivity index is 2.26. The van der Waals surface area contributed by atoms with Crippen LogP contribution in [0.1, 0.15) is 27.4 Å². The van der Waals surface area contributed by atoms with Crippen molar-refractivity contribution in [2.24, 2.45) is 7.05 Å². The Morgan fingerprint density at radius 2 is 2.21 bits per heavy atom. The van der Waals surface area contributed by atoms with Crippen LogP contribution in [-0.4, -0.2) is 25.7 Å². The lowest BCUT2D eigenvalue weighted by molar-refractivity contribution is 0.0946. The molecule has 100 valence electrons. The van der Waals surface area contributed by atoms with Gasteiger partial charge < -0.3 is 10.3 Å². The Labute approximate surface area is 109 Å². The zero-order valence-corrected chi connectivity index (χ0v) is 11.0. The standard InChI is InChI=1S/C12H15N5O2/c1-7-8(2)16-17(3)12(19)10(7)11(18)15-6-9-13-4-5-14-9/h4-5H,6H2,1-3H3,(H,13,14)(H,15,18). The fourth-order valence-corrected chi connectivity index (χ4v) is 1.76. The van der Waals surface area contributed by atoms with Crippen molar-refractivity contribution in [3.8, 4) is 0 Å². The van der Waals surface area contributed by atoms with Gasteiger partial charge in [-0.25, -0.2) is 9.67 Å². The summed E-state index contributed by atoms with van der Waals surface area (Å²) in [5, 5.41) is 6.70. The summed E-state index contributed by atoms with van der Waals surface area (Å²) < 4.78 is 1.17. The third-order valence-corrected chi connectivity index (χ3v) is 2.92. The van der Waals surface area contributed by atoms with Crippen LogP contribution in [0.3, 0.4) is 0 Å². The van der Waals surface area contributed by atoms with Gasteiger partial charge in [-0.3, -0.25) is 9.59 Å². The average Bonchev–Trinajstić information content (AvgIpc) is 2.87. The number of hydrogen-bond acceptors (Lipinski definition) is 4. The molecule has 0 saturated carbocycles. The van der Waals surface area contributed by atoms with E-state index in [1.807, 2.05) is 0 Å². The SMILES string of the molecule is Cc1nn(C)c(=O)c(C(=O)NCc2ncc[nH]2)c1C. The number of nitrogens with one attached hydrogen (secondary N) is 2. The third kappa shape index (κ3) is 2.54. The number of aromatic nitrogens is 4. The number of hydrogen-bond donors (Lipinski definition) is 2. The number of carbonyl (C=O) groups excluding carboxylic acids is 1. The van der Waals surface area contributed by atoms with Crippen LogP contribution < -0.4 is 10.9 Å². The molecule has 2 aromatic rings. The van der Waals surface area contributed by atoms with Crippen LogP contribution in [0.4, 0.5) is 0 Å². The molecule has 0 bridgehead atoms. The number of aromatic amines is 1. The highest BCUT2D eigenvalue weighted by molar-refractivity contribution is 5.95. The molecule has 1 amide bonds. The summed E-state index contributed by atoms with van der Waals surface area (Å²) in [5.41, 5.74) is 0.979. The predicted molar refractivity (Wildman–Crippen MR) is 68.7 cm³/mol. The second kappa shape index (κ2) is 5.05. The molecule has 7 nitrogen and oxygen atoms in total. The summed E-state index contributed by atoms with van der Waals surface area (Å²) in [6, 6.07) is 0. The number of nitrogens with zero attached hydrogens (tertiary/aromatic N) is 3. The van der Waals surface area contributed by atoms with E-state index in [-0.39, 0.29) is 12.1 Å². The highest BCUT2D eigenvalue weighted by Gasteiger charge is 2.17. The first-order chi connectivity index (χ1) is 9.00. The van der Waals surface area contributed by atoms with Crippen LogP contribution in [0.15, 0.2) is 17.2 Å². The number of aryl methyl sites for hydroxylation is 2. The second-order valence-electron chi connectivity index (χ2n) is 4.23. The van der Waals surface area contributed by atoms with E-state index < -0.39 is 11.5 Å². The molecule has 0 unspecified atom stereocenters. The van der Waals surface area contributed by atoms with E-state index in [9.17, 15) is 9.59 Å². The normalized spacial score (nSPS) is 10.5. The van der Waals surface area contributed by atoms with Gasteiger partial charge in [-0.2, -0.15) is 5.10 Å². The molecule has 0 spiro atoms. The Bertz CT molecular complexity index is 657. The molecule has 7 heteroatoms. The van der Waals surface area contributed by atoms with Crippen molar-refractivity contribution >= 4 is 5.91 Å². The molecule has 19 heavy (non-hydrogen) atoms. The monoisotopic (exact) mass is 261 g/mol. The van der Waals surface area contributed by atoms with E-state index in [1.54, 1.807) is 26.2 Å². The fourth-order valence-electron chi connectivity index (χ4n) is 1.76. The first kappa shape index (κ1) is 13.0. The van der Waals surface area contributed by atoms with Crippen LogP contribution in [0.5, 0.6) is 0 Å². The first-order valence-electron chi connectivity index (χ1n) is 5.81. The van der Waals surface area contributed by atoms with E-state index >= 15 is 0 Å². The molecule has 0 radical (unpaired) electrons. The number of H-pyrrole nitrogens is 1. The molecule has 2 rings (SSSR count). The Kier molecular flexibility index (Phi) is 3.46. The fraction of sp³-hybridized carbons (Fsp3) is 0.333. The van der Waals surface area contributed by atoms with Gasteiger partial charge in [0.2, 0.25) is 0 Å². The van der Waals surface area contributed by atoms with Crippen LogP contribution >= 0.6 is 0 Å². The molecule has 0 aliphatic carbocycles. The number of rotatable bonds is 3. The molecule has 2 heterocycles. The molecule has 2 N–H and O–H groups in total. The number of amides is 1. The van der Waals surface area contributed by atoms with Gasteiger partial charge in [0.1, 0.15) is 11.4 Å². The topological polar surface area (TPSA) is 92.7 Å². The minimum Gasteiger partial charge on any atom is -0.347 e. The highest BCUT2D eigenvalue weighted by atomic mass is 16.2. The van der Waals surface area contributed by atoms with Gasteiger partial charge in [0.05, 0.1) is 12.2 Å². The van der Waals surface area contributed by atoms with Crippen molar-refractivity contribution in [3.05, 3.63) is 45.4 Å². The van der Waals surface area contributed by atoms with Gasteiger partial charge >= 0.3 is 0 Å². The smallest absolute Gasteiger partial charge is 0.279 e. The van der Waals surface area contributed by atoms with Crippen molar-refractivity contribution in [3.63, 3.8) is 0 Å². The minimum atomic E-state index is -0.417. The summed E-state index contributed by atoms with van der Waals surface area (Å²) in [6.07, 6.45) is 3.27. The second-order valence-corrected chi connectivity index (χ2v) is 4.23. The highest BCUT2D eigenvalue weighted by Crippen LogP contribution is 2.05. The van der Waals surface area contributed by atoms with Crippen molar-refractivity contribution in [2.45, 2.75) is 20.4 Å². The molecule has 0 aliphatic rings. The predicted octanol–water partition coefficient (Wildman–Crippen LogP) is 0.0502. The zero-order chi connectivity index (χ0) is 14.0. The van der Waals surface area contributed by atoms with Gasteiger partial charge in [-0.1, -0.05) is 0 Å². The molecular formula is C12H15N5O2. The van der Waals surface area contributed by atoms with Crippen molar-refractivity contribution in [1.82, 2.24) is 25.1 Å². The summed E-state index contributed by atoms with van der Waals surface area (Å²) in [7, 11) is 1.53. The van der Waals surface area contributed by atoms with Crippen molar-refractivity contribution < 1.29 is 4.79 Å². The molecular weight excluding hydrogens is 246 g/mol. The van der Waals surface area contributed by atoms with Crippen molar-refractivity contribution in [2.75, 3.05) is 0 Å². The lowest BCUT2D eigenvalue weighted by Gasteiger charge is -2.09. The van der Waals surface area contributed by atoms with Crippen LogP contribution in [0.2, 0.25) is 0 Å². The summed E-state index contributed by atoms with van der Waals surface area (Å²) in [6.45, 7) is 3.72. The molecule has 0 atom stereocenters. The number of carbonyl (C=O) groups is 1. The maximum Gasteiger partial charge on any atom is 0.279 e. The molecule has 0 saturated heterocycles. The number of imidazole rings is 1. The minimum absolute atomic E-state index is 0.126. The quantitative estimate of drug-likeness (QED) is 0.816. The Hall–Kier alpha value is -2.44. The maximum absolute atomic E-state index is 12.1. The van der Waals surface area contributed by atoms with Gasteiger partial charge in [-0.15, -0.1) is 0 Å². The van der Waals surface area contributed by atoms with E-state index in [0.29, 0.717) is 17.1 Å².